The van der Waals surface area contributed by atoms with Crippen LogP contribution < -0.4 is 10.1 Å². The van der Waals surface area contributed by atoms with Crippen LogP contribution in [0.4, 0.5) is 10.5 Å². The molecule has 1 aliphatic heterocycles. The van der Waals surface area contributed by atoms with E-state index in [2.05, 4.69) is 21.2 Å². The number of hydrogen-bond donors (Lipinski definition) is 1. The summed E-state index contributed by atoms with van der Waals surface area (Å²) in [5, 5.41) is 2.23. The fourth-order valence-corrected chi connectivity index (χ4v) is 3.46. The fourth-order valence-electron chi connectivity index (χ4n) is 2.29. The Morgan fingerprint density at radius 2 is 1.79 bits per heavy atom. The van der Waals surface area contributed by atoms with Crippen LogP contribution in [0, 0.1) is 0 Å². The molecule has 1 aliphatic rings. The van der Waals surface area contributed by atoms with Crippen molar-refractivity contribution in [3.8, 4) is 5.75 Å². The van der Waals surface area contributed by atoms with Gasteiger partial charge < -0.3 is 10.1 Å². The Morgan fingerprint density at radius 1 is 1.12 bits per heavy atom. The molecule has 0 bridgehead atoms. The maximum atomic E-state index is 12.5. The number of halogens is 1. The molecule has 2 amide bonds. The number of nitrogens with zero attached hydrogens (tertiary/aromatic N) is 1. The third-order valence-corrected chi connectivity index (χ3v) is 5.08. The molecule has 5 nitrogen and oxygen atoms in total. The Hall–Kier alpha value is -1.99. The van der Waals surface area contributed by atoms with Crippen molar-refractivity contribution in [2.75, 3.05) is 12.4 Å². The molecule has 1 N–H and O–H groups in total. The maximum absolute atomic E-state index is 12.5. The second-order valence-electron chi connectivity index (χ2n) is 5.19. The summed E-state index contributed by atoms with van der Waals surface area (Å²) in [4.78, 5) is 25.9. The van der Waals surface area contributed by atoms with Gasteiger partial charge in [-0.3, -0.25) is 14.5 Å². The number of carbonyl (C=O) groups is 2. The molecule has 0 aliphatic carbocycles. The van der Waals surface area contributed by atoms with E-state index in [9.17, 15) is 9.59 Å². The number of nitrogens with one attached hydrogen (secondary N) is 1. The van der Waals surface area contributed by atoms with E-state index < -0.39 is 5.37 Å². The third-order valence-electron chi connectivity index (χ3n) is 3.57. The molecule has 1 fully saturated rings. The highest BCUT2D eigenvalue weighted by Crippen LogP contribution is 2.30. The van der Waals surface area contributed by atoms with Crippen molar-refractivity contribution in [2.24, 2.45) is 0 Å². The SMILES string of the molecule is COc1ccc(N[C@@H]2SC(=O)N(Cc3ccc(Br)cc3)C2=O)cc1. The van der Waals surface area contributed by atoms with Gasteiger partial charge in [-0.15, -0.1) is 0 Å². The number of hydrogen-bond acceptors (Lipinski definition) is 5. The van der Waals surface area contributed by atoms with E-state index >= 15 is 0 Å². The summed E-state index contributed by atoms with van der Waals surface area (Å²) in [6.07, 6.45) is 0. The first-order chi connectivity index (χ1) is 11.6. The van der Waals surface area contributed by atoms with Crippen LogP contribution in [0.15, 0.2) is 53.0 Å². The minimum Gasteiger partial charge on any atom is -0.497 e. The quantitative estimate of drug-likeness (QED) is 0.809. The van der Waals surface area contributed by atoms with Crippen LogP contribution in [0.1, 0.15) is 5.56 Å². The van der Waals surface area contributed by atoms with E-state index in [1.165, 1.54) is 4.90 Å². The molecule has 1 heterocycles. The number of methoxy groups -OCH3 is 1. The van der Waals surface area contributed by atoms with Crippen molar-refractivity contribution in [3.63, 3.8) is 0 Å². The third kappa shape index (κ3) is 3.73. The van der Waals surface area contributed by atoms with E-state index in [1.54, 1.807) is 19.2 Å². The number of amides is 2. The molecule has 124 valence electrons. The molecular formula is C17H15BrN2O3S. The number of thioether (sulfide) groups is 1. The first-order valence-corrected chi connectivity index (χ1v) is 8.91. The van der Waals surface area contributed by atoms with Crippen LogP contribution in [0.3, 0.4) is 0 Å². The van der Waals surface area contributed by atoms with Gasteiger partial charge in [-0.2, -0.15) is 0 Å². The lowest BCUT2D eigenvalue weighted by Gasteiger charge is -2.15. The Morgan fingerprint density at radius 3 is 2.42 bits per heavy atom. The summed E-state index contributed by atoms with van der Waals surface area (Å²) in [5.74, 6) is 0.502. The summed E-state index contributed by atoms with van der Waals surface area (Å²) < 4.78 is 6.06. The lowest BCUT2D eigenvalue weighted by Crippen LogP contribution is -2.33. The van der Waals surface area contributed by atoms with Gasteiger partial charge in [0.25, 0.3) is 11.1 Å². The van der Waals surface area contributed by atoms with Gasteiger partial charge in [0.1, 0.15) is 5.75 Å². The monoisotopic (exact) mass is 406 g/mol. The normalized spacial score (nSPS) is 17.2. The Bertz CT molecular complexity index is 749. The molecule has 0 saturated carbocycles. The summed E-state index contributed by atoms with van der Waals surface area (Å²) in [6.45, 7) is 0.277. The number of imide groups is 1. The number of anilines is 1. The van der Waals surface area contributed by atoms with Gasteiger partial charge >= 0.3 is 0 Å². The minimum absolute atomic E-state index is 0.233. The van der Waals surface area contributed by atoms with E-state index in [0.717, 1.165) is 33.2 Å². The van der Waals surface area contributed by atoms with Crippen molar-refractivity contribution >= 4 is 44.5 Å². The second kappa shape index (κ2) is 7.27. The van der Waals surface area contributed by atoms with Gasteiger partial charge in [-0.25, -0.2) is 0 Å². The van der Waals surface area contributed by atoms with E-state index in [-0.39, 0.29) is 17.7 Å². The lowest BCUT2D eigenvalue weighted by molar-refractivity contribution is -0.126. The van der Waals surface area contributed by atoms with E-state index in [4.69, 9.17) is 4.74 Å². The summed E-state index contributed by atoms with van der Waals surface area (Å²) in [6, 6.07) is 14.8. The molecule has 0 aromatic heterocycles. The zero-order chi connectivity index (χ0) is 17.1. The largest absolute Gasteiger partial charge is 0.497 e. The van der Waals surface area contributed by atoms with Crippen LogP contribution in [0.2, 0.25) is 0 Å². The van der Waals surface area contributed by atoms with E-state index in [1.807, 2.05) is 36.4 Å². The number of carbonyl (C=O) groups excluding carboxylic acids is 2. The minimum atomic E-state index is -0.610. The van der Waals surface area contributed by atoms with Crippen LogP contribution in [-0.2, 0) is 11.3 Å². The Kier molecular flexibility index (Phi) is 5.11. The van der Waals surface area contributed by atoms with Gasteiger partial charge in [0.05, 0.1) is 13.7 Å². The first-order valence-electron chi connectivity index (χ1n) is 7.24. The maximum Gasteiger partial charge on any atom is 0.291 e. The average Bonchev–Trinajstić information content (AvgIpc) is 2.85. The number of benzene rings is 2. The van der Waals surface area contributed by atoms with Gasteiger partial charge in [0.2, 0.25) is 0 Å². The van der Waals surface area contributed by atoms with Crippen molar-refractivity contribution in [3.05, 3.63) is 58.6 Å². The molecule has 2 aromatic rings. The van der Waals surface area contributed by atoms with E-state index in [0.29, 0.717) is 0 Å². The topological polar surface area (TPSA) is 58.6 Å². The molecule has 2 aromatic carbocycles. The molecule has 1 atom stereocenters. The molecule has 24 heavy (non-hydrogen) atoms. The predicted molar refractivity (Wildman–Crippen MR) is 98.1 cm³/mol. The van der Waals surface area contributed by atoms with Crippen molar-refractivity contribution < 1.29 is 14.3 Å². The zero-order valence-electron chi connectivity index (χ0n) is 12.9. The predicted octanol–water partition coefficient (Wildman–Crippen LogP) is 4.09. The van der Waals surface area contributed by atoms with Crippen LogP contribution in [-0.4, -0.2) is 28.5 Å². The lowest BCUT2D eigenvalue weighted by atomic mass is 10.2. The zero-order valence-corrected chi connectivity index (χ0v) is 15.3. The highest BCUT2D eigenvalue weighted by atomic mass is 79.9. The molecule has 1 saturated heterocycles. The number of rotatable bonds is 5. The Balaban J connectivity index is 1.67. The van der Waals surface area contributed by atoms with Gasteiger partial charge in [-0.05, 0) is 53.7 Å². The average molecular weight is 407 g/mol. The highest BCUT2D eigenvalue weighted by Gasteiger charge is 2.39. The number of ether oxygens (including phenoxy) is 1. The molecular weight excluding hydrogens is 392 g/mol. The molecule has 7 heteroatoms. The Labute approximate surface area is 152 Å². The van der Waals surface area contributed by atoms with Crippen molar-refractivity contribution in [2.45, 2.75) is 11.9 Å². The first kappa shape index (κ1) is 16.9. The summed E-state index contributed by atoms with van der Waals surface area (Å²) in [7, 11) is 1.59. The summed E-state index contributed by atoms with van der Waals surface area (Å²) in [5.41, 5.74) is 1.67. The standard InChI is InChI=1S/C17H15BrN2O3S/c1-23-14-8-6-13(7-9-14)19-15-16(21)20(17(22)24-15)10-11-2-4-12(18)5-3-11/h2-9,15,19H,10H2,1H3/t15-/m1/s1. The summed E-state index contributed by atoms with van der Waals surface area (Å²) >= 11 is 4.36. The van der Waals surface area contributed by atoms with Gasteiger partial charge in [0.15, 0.2) is 5.37 Å². The van der Waals surface area contributed by atoms with Crippen LogP contribution >= 0.6 is 27.7 Å². The van der Waals surface area contributed by atoms with Crippen LogP contribution in [0.5, 0.6) is 5.75 Å². The van der Waals surface area contributed by atoms with Gasteiger partial charge in [-0.1, -0.05) is 28.1 Å². The fraction of sp³-hybridized carbons (Fsp3) is 0.176. The molecule has 3 rings (SSSR count). The highest BCUT2D eigenvalue weighted by molar-refractivity contribution is 9.10. The molecule has 0 unspecified atom stereocenters. The molecule has 0 spiro atoms. The molecule has 0 radical (unpaired) electrons. The second-order valence-corrected chi connectivity index (χ2v) is 7.16. The van der Waals surface area contributed by atoms with Crippen molar-refractivity contribution in [1.29, 1.82) is 0 Å². The van der Waals surface area contributed by atoms with Crippen molar-refractivity contribution in [1.82, 2.24) is 4.90 Å². The van der Waals surface area contributed by atoms with Gasteiger partial charge in [0, 0.05) is 10.2 Å². The smallest absolute Gasteiger partial charge is 0.291 e. The van der Waals surface area contributed by atoms with Crippen LogP contribution in [0.25, 0.3) is 0 Å².